The van der Waals surface area contributed by atoms with Crippen LogP contribution in [0.4, 0.5) is 0 Å². The topological polar surface area (TPSA) is 3.88 Å². The first kappa shape index (κ1) is 13.8. The zero-order chi connectivity index (χ0) is 14.2. The maximum Gasteiger partial charge on any atom is 0.212 e. The van der Waals surface area contributed by atoms with Crippen molar-refractivity contribution in [1.29, 1.82) is 0 Å². The van der Waals surface area contributed by atoms with E-state index in [1.807, 2.05) is 0 Å². The van der Waals surface area contributed by atoms with Gasteiger partial charge in [0.15, 0.2) is 6.20 Å². The van der Waals surface area contributed by atoms with E-state index in [-0.39, 0.29) is 5.41 Å². The number of benzene rings is 1. The Morgan fingerprint density at radius 3 is 2.16 bits per heavy atom. The number of aryl methyl sites for hydroxylation is 3. The SMILES string of the molecule is Cc1ccccc1-c1cc(C(C)(C)C)c(C)c[n+]1C. The number of hydrogen-bond acceptors (Lipinski definition) is 0. The molecule has 0 spiro atoms. The molecule has 0 radical (unpaired) electrons. The zero-order valence-corrected chi connectivity index (χ0v) is 12.9. The minimum atomic E-state index is 0.176. The van der Waals surface area contributed by atoms with Crippen molar-refractivity contribution in [2.45, 2.75) is 40.0 Å². The van der Waals surface area contributed by atoms with Gasteiger partial charge in [0.05, 0.1) is 0 Å². The van der Waals surface area contributed by atoms with Crippen molar-refractivity contribution in [2.75, 3.05) is 0 Å². The fourth-order valence-electron chi connectivity index (χ4n) is 2.72. The zero-order valence-electron chi connectivity index (χ0n) is 12.9. The highest BCUT2D eigenvalue weighted by Crippen LogP contribution is 2.29. The maximum absolute atomic E-state index is 2.34. The number of rotatable bonds is 1. The summed E-state index contributed by atoms with van der Waals surface area (Å²) in [5.41, 5.74) is 6.87. The first-order valence-electron chi connectivity index (χ1n) is 6.87. The van der Waals surface area contributed by atoms with Gasteiger partial charge in [0.1, 0.15) is 7.05 Å². The molecule has 19 heavy (non-hydrogen) atoms. The van der Waals surface area contributed by atoms with Gasteiger partial charge in [-0.2, -0.15) is 0 Å². The van der Waals surface area contributed by atoms with E-state index in [2.05, 4.69) is 82.8 Å². The lowest BCUT2D eigenvalue weighted by Crippen LogP contribution is -2.33. The number of hydrogen-bond donors (Lipinski definition) is 0. The van der Waals surface area contributed by atoms with Crippen molar-refractivity contribution in [2.24, 2.45) is 7.05 Å². The molecule has 100 valence electrons. The molecule has 0 saturated carbocycles. The van der Waals surface area contributed by atoms with Gasteiger partial charge < -0.3 is 0 Å². The fraction of sp³-hybridized carbons (Fsp3) is 0.389. The second kappa shape index (κ2) is 4.80. The van der Waals surface area contributed by atoms with Gasteiger partial charge in [-0.1, -0.05) is 39.0 Å². The predicted octanol–water partition coefficient (Wildman–Crippen LogP) is 4.09. The van der Waals surface area contributed by atoms with Crippen LogP contribution in [0.15, 0.2) is 36.5 Å². The summed E-state index contributed by atoms with van der Waals surface area (Å²) in [4.78, 5) is 0. The Balaban J connectivity index is 2.69. The fourth-order valence-corrected chi connectivity index (χ4v) is 2.72. The van der Waals surface area contributed by atoms with Crippen LogP contribution in [0.2, 0.25) is 0 Å². The Morgan fingerprint density at radius 1 is 0.947 bits per heavy atom. The molecule has 1 heterocycles. The lowest BCUT2D eigenvalue weighted by molar-refractivity contribution is -0.660. The van der Waals surface area contributed by atoms with E-state index < -0.39 is 0 Å². The first-order valence-corrected chi connectivity index (χ1v) is 6.87. The summed E-state index contributed by atoms with van der Waals surface area (Å²) in [7, 11) is 2.13. The molecule has 0 bridgehead atoms. The molecule has 0 N–H and O–H groups in total. The summed E-state index contributed by atoms with van der Waals surface area (Å²) in [5.74, 6) is 0. The van der Waals surface area contributed by atoms with Crippen LogP contribution < -0.4 is 4.57 Å². The van der Waals surface area contributed by atoms with Crippen LogP contribution in [0.5, 0.6) is 0 Å². The molecule has 1 aromatic carbocycles. The third-order valence-corrected chi connectivity index (χ3v) is 3.70. The lowest BCUT2D eigenvalue weighted by atomic mass is 9.84. The molecule has 0 aliphatic rings. The van der Waals surface area contributed by atoms with Crippen LogP contribution in [-0.2, 0) is 12.5 Å². The minimum absolute atomic E-state index is 0.176. The highest BCUT2D eigenvalue weighted by molar-refractivity contribution is 5.62. The van der Waals surface area contributed by atoms with Gasteiger partial charge in [-0.15, -0.1) is 0 Å². The summed E-state index contributed by atoms with van der Waals surface area (Å²) in [6, 6.07) is 10.9. The van der Waals surface area contributed by atoms with E-state index in [1.165, 1.54) is 27.9 Å². The third-order valence-electron chi connectivity index (χ3n) is 3.70. The smallest absolute Gasteiger partial charge is 0.201 e. The van der Waals surface area contributed by atoms with E-state index in [9.17, 15) is 0 Å². The van der Waals surface area contributed by atoms with Gasteiger partial charge >= 0.3 is 0 Å². The van der Waals surface area contributed by atoms with Crippen LogP contribution in [0.3, 0.4) is 0 Å². The number of nitrogens with zero attached hydrogens (tertiary/aromatic N) is 1. The molecule has 2 aromatic rings. The molecule has 0 atom stereocenters. The van der Waals surface area contributed by atoms with E-state index in [0.29, 0.717) is 0 Å². The van der Waals surface area contributed by atoms with E-state index in [0.717, 1.165) is 0 Å². The average Bonchev–Trinajstić information content (AvgIpc) is 2.29. The summed E-state index contributed by atoms with van der Waals surface area (Å²) in [6.45, 7) is 11.2. The molecule has 0 aliphatic carbocycles. The standard InChI is InChI=1S/C18H24N/c1-13-9-7-8-10-15(13)17-11-16(18(3,4)5)14(2)12-19(17)6/h7-12H,1-6H3/q+1. The monoisotopic (exact) mass is 254 g/mol. The van der Waals surface area contributed by atoms with Crippen LogP contribution in [0, 0.1) is 13.8 Å². The van der Waals surface area contributed by atoms with Crippen LogP contribution in [0.25, 0.3) is 11.3 Å². The molecule has 0 aliphatic heterocycles. The van der Waals surface area contributed by atoms with Crippen LogP contribution in [0.1, 0.15) is 37.5 Å². The Bertz CT molecular complexity index is 604. The minimum Gasteiger partial charge on any atom is -0.201 e. The van der Waals surface area contributed by atoms with Crippen LogP contribution in [-0.4, -0.2) is 0 Å². The molecule has 0 saturated heterocycles. The average molecular weight is 254 g/mol. The van der Waals surface area contributed by atoms with Crippen LogP contribution >= 0.6 is 0 Å². The molecular weight excluding hydrogens is 230 g/mol. The molecule has 2 rings (SSSR count). The Kier molecular flexibility index (Phi) is 3.49. The second-order valence-electron chi connectivity index (χ2n) is 6.43. The Labute approximate surface area is 116 Å². The van der Waals surface area contributed by atoms with E-state index in [1.54, 1.807) is 0 Å². The number of aromatic nitrogens is 1. The Morgan fingerprint density at radius 2 is 1.58 bits per heavy atom. The molecule has 0 fully saturated rings. The molecule has 1 nitrogen and oxygen atoms in total. The van der Waals surface area contributed by atoms with Crippen molar-refractivity contribution >= 4 is 0 Å². The normalized spacial score (nSPS) is 11.7. The molecule has 1 aromatic heterocycles. The second-order valence-corrected chi connectivity index (χ2v) is 6.43. The van der Waals surface area contributed by atoms with Gasteiger partial charge in [-0.25, -0.2) is 4.57 Å². The summed E-state index contributed by atoms with van der Waals surface area (Å²) >= 11 is 0. The van der Waals surface area contributed by atoms with Gasteiger partial charge in [0, 0.05) is 17.2 Å². The highest BCUT2D eigenvalue weighted by atomic mass is 14.9. The highest BCUT2D eigenvalue weighted by Gasteiger charge is 2.22. The molecule has 0 unspecified atom stereocenters. The summed E-state index contributed by atoms with van der Waals surface area (Å²) < 4.78 is 2.23. The van der Waals surface area contributed by atoms with Crippen molar-refractivity contribution in [3.05, 3.63) is 53.2 Å². The quantitative estimate of drug-likeness (QED) is 0.675. The van der Waals surface area contributed by atoms with Gasteiger partial charge in [0.25, 0.3) is 0 Å². The molecule has 0 amide bonds. The summed E-state index contributed by atoms with van der Waals surface area (Å²) in [5, 5.41) is 0. The predicted molar refractivity (Wildman–Crippen MR) is 81.2 cm³/mol. The summed E-state index contributed by atoms with van der Waals surface area (Å²) in [6.07, 6.45) is 2.24. The Hall–Kier alpha value is -1.63. The largest absolute Gasteiger partial charge is 0.212 e. The molecular formula is C18H24N+. The maximum atomic E-state index is 2.34. The van der Waals surface area contributed by atoms with Crippen molar-refractivity contribution in [3.8, 4) is 11.3 Å². The van der Waals surface area contributed by atoms with Crippen molar-refractivity contribution < 1.29 is 4.57 Å². The van der Waals surface area contributed by atoms with Crippen molar-refractivity contribution in [3.63, 3.8) is 0 Å². The molecule has 1 heteroatoms. The van der Waals surface area contributed by atoms with Crippen molar-refractivity contribution in [1.82, 2.24) is 0 Å². The number of pyridine rings is 1. The van der Waals surface area contributed by atoms with Gasteiger partial charge in [-0.05, 0) is 36.5 Å². The first-order chi connectivity index (χ1) is 8.80. The third kappa shape index (κ3) is 2.70. The van der Waals surface area contributed by atoms with E-state index >= 15 is 0 Å². The van der Waals surface area contributed by atoms with E-state index in [4.69, 9.17) is 0 Å². The van der Waals surface area contributed by atoms with Gasteiger partial charge in [-0.3, -0.25) is 0 Å². The lowest BCUT2D eigenvalue weighted by Gasteiger charge is -2.21. The van der Waals surface area contributed by atoms with Gasteiger partial charge in [0.2, 0.25) is 5.69 Å².